The van der Waals surface area contributed by atoms with Gasteiger partial charge in [-0.2, -0.15) is 0 Å². The molecule has 1 aliphatic carbocycles. The number of rotatable bonds is 5. The number of nitrogens with zero attached hydrogens (tertiary/aromatic N) is 3. The van der Waals surface area contributed by atoms with Gasteiger partial charge in [-0.05, 0) is 24.8 Å². The minimum atomic E-state index is 0.365. The van der Waals surface area contributed by atoms with Gasteiger partial charge in [0.25, 0.3) is 0 Å². The maximum Gasteiger partial charge on any atom is 0.0828 e. The highest BCUT2D eigenvalue weighted by molar-refractivity contribution is 5.14. The van der Waals surface area contributed by atoms with Crippen LogP contribution < -0.4 is 0 Å². The van der Waals surface area contributed by atoms with E-state index in [2.05, 4.69) is 45.0 Å². The van der Waals surface area contributed by atoms with Gasteiger partial charge in [0.15, 0.2) is 0 Å². The van der Waals surface area contributed by atoms with E-state index < -0.39 is 0 Å². The monoisotopic (exact) mass is 329 g/mol. The van der Waals surface area contributed by atoms with Gasteiger partial charge in [-0.25, -0.2) is 0 Å². The lowest BCUT2D eigenvalue weighted by molar-refractivity contribution is 0.0123. The van der Waals surface area contributed by atoms with Crippen LogP contribution in [0.2, 0.25) is 0 Å². The predicted molar refractivity (Wildman–Crippen MR) is 97.1 cm³/mol. The van der Waals surface area contributed by atoms with Crippen LogP contribution in [0, 0.1) is 0 Å². The summed E-state index contributed by atoms with van der Waals surface area (Å²) in [7, 11) is 0. The summed E-state index contributed by atoms with van der Waals surface area (Å²) in [4.78, 5) is 7.88. The van der Waals surface area contributed by atoms with E-state index in [1.807, 2.05) is 0 Å². The topological polar surface area (TPSA) is 19.0 Å². The van der Waals surface area contributed by atoms with Gasteiger partial charge in [-0.15, -0.1) is 0 Å². The molecule has 2 heterocycles. The van der Waals surface area contributed by atoms with Crippen LogP contribution in [0.3, 0.4) is 0 Å². The van der Waals surface area contributed by atoms with E-state index >= 15 is 0 Å². The minimum absolute atomic E-state index is 0.365. The van der Waals surface area contributed by atoms with Crippen LogP contribution in [0.25, 0.3) is 0 Å². The van der Waals surface area contributed by atoms with Crippen molar-refractivity contribution in [3.05, 3.63) is 35.9 Å². The second kappa shape index (κ2) is 7.96. The number of ether oxygens (including phenoxy) is 1. The van der Waals surface area contributed by atoms with Gasteiger partial charge in [-0.3, -0.25) is 14.7 Å². The van der Waals surface area contributed by atoms with Crippen LogP contribution in [-0.4, -0.2) is 79.3 Å². The molecule has 24 heavy (non-hydrogen) atoms. The molecule has 1 saturated carbocycles. The molecular weight excluding hydrogens is 298 g/mol. The van der Waals surface area contributed by atoms with Gasteiger partial charge in [0.1, 0.15) is 0 Å². The summed E-state index contributed by atoms with van der Waals surface area (Å²) in [6, 6.07) is 11.8. The van der Waals surface area contributed by atoms with E-state index in [1.54, 1.807) is 0 Å². The Balaban J connectivity index is 1.26. The Morgan fingerprint density at radius 3 is 2.46 bits per heavy atom. The first-order valence-electron chi connectivity index (χ1n) is 9.71. The van der Waals surface area contributed by atoms with Gasteiger partial charge < -0.3 is 4.74 Å². The highest BCUT2D eigenvalue weighted by Gasteiger charge is 2.32. The summed E-state index contributed by atoms with van der Waals surface area (Å²) < 4.78 is 6.16. The zero-order valence-corrected chi connectivity index (χ0v) is 14.8. The lowest BCUT2D eigenvalue weighted by Crippen LogP contribution is -2.50. The van der Waals surface area contributed by atoms with Crippen molar-refractivity contribution in [3.63, 3.8) is 0 Å². The summed E-state index contributed by atoms with van der Waals surface area (Å²) in [5, 5.41) is 0. The summed E-state index contributed by atoms with van der Waals surface area (Å²) in [6.07, 6.45) is 4.38. The second-order valence-electron chi connectivity index (χ2n) is 7.63. The average Bonchev–Trinajstić information content (AvgIpc) is 3.45. The average molecular weight is 329 g/mol. The molecule has 0 amide bonds. The van der Waals surface area contributed by atoms with Gasteiger partial charge >= 0.3 is 0 Å². The van der Waals surface area contributed by atoms with Crippen LogP contribution in [0.4, 0.5) is 0 Å². The molecule has 2 aliphatic heterocycles. The Morgan fingerprint density at radius 1 is 0.917 bits per heavy atom. The summed E-state index contributed by atoms with van der Waals surface area (Å²) in [5.41, 5.74) is 1.41. The molecule has 0 spiro atoms. The third kappa shape index (κ3) is 4.57. The van der Waals surface area contributed by atoms with Gasteiger partial charge in [0, 0.05) is 65.0 Å². The molecule has 1 atom stereocenters. The standard InChI is InChI=1S/C20H31N3O/c1-2-5-18(6-3-1)15-22-9-4-14-24-20(17-22)16-21-10-12-23(13-11-21)19-7-8-19/h1-3,5-6,19-20H,4,7-17H2. The number of hydrogen-bond donors (Lipinski definition) is 0. The fourth-order valence-electron chi connectivity index (χ4n) is 4.10. The van der Waals surface area contributed by atoms with Crippen molar-refractivity contribution in [3.8, 4) is 0 Å². The summed E-state index contributed by atoms with van der Waals surface area (Å²) >= 11 is 0. The van der Waals surface area contributed by atoms with Crippen molar-refractivity contribution >= 4 is 0 Å². The molecule has 4 heteroatoms. The van der Waals surface area contributed by atoms with Crippen molar-refractivity contribution in [1.82, 2.24) is 14.7 Å². The Morgan fingerprint density at radius 2 is 1.71 bits per heavy atom. The first kappa shape index (κ1) is 16.5. The zero-order valence-electron chi connectivity index (χ0n) is 14.8. The van der Waals surface area contributed by atoms with Gasteiger partial charge in [-0.1, -0.05) is 30.3 Å². The Kier molecular flexibility index (Phi) is 5.48. The Hall–Kier alpha value is -0.940. The summed E-state index contributed by atoms with van der Waals surface area (Å²) in [5.74, 6) is 0. The smallest absolute Gasteiger partial charge is 0.0828 e. The molecule has 132 valence electrons. The van der Waals surface area contributed by atoms with Crippen molar-refractivity contribution < 1.29 is 4.74 Å². The highest BCUT2D eigenvalue weighted by Crippen LogP contribution is 2.27. The van der Waals surface area contributed by atoms with Crippen LogP contribution in [0.15, 0.2) is 30.3 Å². The molecule has 4 rings (SSSR count). The van der Waals surface area contributed by atoms with Gasteiger partial charge in [0.05, 0.1) is 6.10 Å². The second-order valence-corrected chi connectivity index (χ2v) is 7.63. The lowest BCUT2D eigenvalue weighted by Gasteiger charge is -2.36. The van der Waals surface area contributed by atoms with Gasteiger partial charge in [0.2, 0.25) is 0 Å². The van der Waals surface area contributed by atoms with E-state index in [0.717, 1.165) is 45.2 Å². The molecule has 1 aromatic rings. The van der Waals surface area contributed by atoms with Crippen LogP contribution in [0.1, 0.15) is 24.8 Å². The van der Waals surface area contributed by atoms with Crippen molar-refractivity contribution in [2.75, 3.05) is 52.4 Å². The van der Waals surface area contributed by atoms with Crippen LogP contribution in [-0.2, 0) is 11.3 Å². The molecule has 0 aromatic heterocycles. The Bertz CT molecular complexity index is 497. The molecule has 3 fully saturated rings. The first-order valence-corrected chi connectivity index (χ1v) is 9.71. The summed E-state index contributed by atoms with van der Waals surface area (Å²) in [6.45, 7) is 10.2. The maximum atomic E-state index is 6.16. The number of benzene rings is 1. The molecule has 0 N–H and O–H groups in total. The minimum Gasteiger partial charge on any atom is -0.376 e. The SMILES string of the molecule is c1ccc(CN2CCCOC(CN3CCN(C4CC4)CC3)C2)cc1. The molecule has 1 aromatic carbocycles. The lowest BCUT2D eigenvalue weighted by atomic mass is 10.2. The molecule has 2 saturated heterocycles. The van der Waals surface area contributed by atoms with Crippen molar-refractivity contribution in [1.29, 1.82) is 0 Å². The fourth-order valence-corrected chi connectivity index (χ4v) is 4.10. The van der Waals surface area contributed by atoms with E-state index in [1.165, 1.54) is 44.6 Å². The van der Waals surface area contributed by atoms with Crippen LogP contribution >= 0.6 is 0 Å². The third-order valence-corrected chi connectivity index (χ3v) is 5.62. The van der Waals surface area contributed by atoms with Crippen molar-refractivity contribution in [2.24, 2.45) is 0 Å². The number of hydrogen-bond acceptors (Lipinski definition) is 4. The van der Waals surface area contributed by atoms with E-state index in [9.17, 15) is 0 Å². The fraction of sp³-hybridized carbons (Fsp3) is 0.700. The molecule has 1 unspecified atom stereocenters. The molecule has 4 nitrogen and oxygen atoms in total. The first-order chi connectivity index (χ1) is 11.9. The largest absolute Gasteiger partial charge is 0.376 e. The quantitative estimate of drug-likeness (QED) is 0.823. The highest BCUT2D eigenvalue weighted by atomic mass is 16.5. The van der Waals surface area contributed by atoms with Crippen LogP contribution in [0.5, 0.6) is 0 Å². The normalized spacial score (nSPS) is 27.9. The predicted octanol–water partition coefficient (Wildman–Crippen LogP) is 2.06. The molecule has 3 aliphatic rings. The van der Waals surface area contributed by atoms with E-state index in [-0.39, 0.29) is 0 Å². The zero-order chi connectivity index (χ0) is 16.2. The Labute approximate surface area is 146 Å². The maximum absolute atomic E-state index is 6.16. The third-order valence-electron chi connectivity index (χ3n) is 5.62. The molecule has 0 bridgehead atoms. The van der Waals surface area contributed by atoms with E-state index in [0.29, 0.717) is 6.10 Å². The molecular formula is C20H31N3O. The van der Waals surface area contributed by atoms with E-state index in [4.69, 9.17) is 4.74 Å². The van der Waals surface area contributed by atoms with Crippen molar-refractivity contribution in [2.45, 2.75) is 38.0 Å². The number of piperazine rings is 1. The molecule has 0 radical (unpaired) electrons.